The Morgan fingerprint density at radius 1 is 1.00 bits per heavy atom. The third kappa shape index (κ3) is 3.55. The maximum absolute atomic E-state index is 6.26. The molecule has 1 aromatic carbocycles. The van der Waals surface area contributed by atoms with Crippen LogP contribution in [0, 0.1) is 11.8 Å². The number of hydrogen-bond donors (Lipinski definition) is 1. The fourth-order valence-corrected chi connectivity index (χ4v) is 3.96. The predicted molar refractivity (Wildman–Crippen MR) is 85.0 cm³/mol. The summed E-state index contributed by atoms with van der Waals surface area (Å²) in [6, 6.07) is 8.25. The van der Waals surface area contributed by atoms with Gasteiger partial charge in [0, 0.05) is 11.6 Å². The maximum atomic E-state index is 6.26. The fourth-order valence-electron chi connectivity index (χ4n) is 3.77. The van der Waals surface area contributed by atoms with Gasteiger partial charge in [-0.05, 0) is 75.3 Å². The zero-order valence-corrected chi connectivity index (χ0v) is 12.9. The van der Waals surface area contributed by atoms with E-state index < -0.39 is 0 Å². The minimum Gasteiger partial charge on any atom is -0.317 e. The molecule has 0 bridgehead atoms. The van der Waals surface area contributed by atoms with E-state index in [0.717, 1.165) is 23.4 Å². The largest absolute Gasteiger partial charge is 0.317 e. The highest BCUT2D eigenvalue weighted by Gasteiger charge is 2.27. The van der Waals surface area contributed by atoms with Gasteiger partial charge in [0.1, 0.15) is 0 Å². The van der Waals surface area contributed by atoms with E-state index in [4.69, 9.17) is 11.6 Å². The first-order valence-corrected chi connectivity index (χ1v) is 8.37. The van der Waals surface area contributed by atoms with Crippen LogP contribution in [0.2, 0.25) is 5.02 Å². The summed E-state index contributed by atoms with van der Waals surface area (Å²) in [5.74, 6) is 1.93. The lowest BCUT2D eigenvalue weighted by molar-refractivity contribution is 0.126. The quantitative estimate of drug-likeness (QED) is 0.916. The first-order valence-electron chi connectivity index (χ1n) is 7.99. The molecule has 0 aromatic heterocycles. The number of hydrogen-bond acceptors (Lipinski definition) is 2. The third-order valence-electron chi connectivity index (χ3n) is 5.03. The van der Waals surface area contributed by atoms with Gasteiger partial charge in [-0.15, -0.1) is 0 Å². The molecule has 0 aliphatic carbocycles. The summed E-state index contributed by atoms with van der Waals surface area (Å²) < 4.78 is 0. The molecule has 1 N–H and O–H groups in total. The number of benzene rings is 1. The van der Waals surface area contributed by atoms with Crippen molar-refractivity contribution in [3.8, 4) is 0 Å². The van der Waals surface area contributed by atoms with Crippen molar-refractivity contribution < 1.29 is 0 Å². The minimum absolute atomic E-state index is 0.910. The van der Waals surface area contributed by atoms with Crippen molar-refractivity contribution in [3.05, 3.63) is 34.9 Å². The molecule has 20 heavy (non-hydrogen) atoms. The van der Waals surface area contributed by atoms with Gasteiger partial charge in [0.15, 0.2) is 0 Å². The molecule has 2 nitrogen and oxygen atoms in total. The molecule has 3 rings (SSSR count). The van der Waals surface area contributed by atoms with Gasteiger partial charge in [-0.2, -0.15) is 0 Å². The lowest BCUT2D eigenvalue weighted by atomic mass is 9.79. The van der Waals surface area contributed by atoms with Crippen LogP contribution in [0.3, 0.4) is 0 Å². The smallest absolute Gasteiger partial charge is 0.0451 e. The Bertz CT molecular complexity index is 421. The van der Waals surface area contributed by atoms with Gasteiger partial charge in [-0.3, -0.25) is 4.90 Å². The second-order valence-corrected chi connectivity index (χ2v) is 6.70. The highest BCUT2D eigenvalue weighted by Crippen LogP contribution is 2.31. The number of likely N-dealkylation sites (tertiary alicyclic amines) is 1. The normalized spacial score (nSPS) is 23.1. The van der Waals surface area contributed by atoms with Gasteiger partial charge in [-0.1, -0.05) is 29.8 Å². The number of piperidine rings is 2. The van der Waals surface area contributed by atoms with Crippen LogP contribution >= 0.6 is 11.6 Å². The predicted octanol–water partition coefficient (Wildman–Crippen LogP) is 3.55. The molecule has 2 aliphatic rings. The molecule has 2 heterocycles. The van der Waals surface area contributed by atoms with E-state index in [-0.39, 0.29) is 0 Å². The average molecular weight is 293 g/mol. The van der Waals surface area contributed by atoms with Gasteiger partial charge in [0.25, 0.3) is 0 Å². The Morgan fingerprint density at radius 2 is 1.65 bits per heavy atom. The van der Waals surface area contributed by atoms with Crippen molar-refractivity contribution >= 4 is 11.6 Å². The molecular weight excluding hydrogens is 268 g/mol. The SMILES string of the molecule is Clc1ccccc1CN1CCC(C2CCNCC2)CC1. The lowest BCUT2D eigenvalue weighted by Crippen LogP contribution is -2.39. The van der Waals surface area contributed by atoms with Crippen LogP contribution in [-0.4, -0.2) is 31.1 Å². The molecule has 0 amide bonds. The first-order chi connectivity index (χ1) is 9.83. The Balaban J connectivity index is 1.50. The first kappa shape index (κ1) is 14.4. The topological polar surface area (TPSA) is 15.3 Å². The third-order valence-corrected chi connectivity index (χ3v) is 5.40. The summed E-state index contributed by atoms with van der Waals surface area (Å²) in [6.45, 7) is 5.94. The molecule has 0 atom stereocenters. The van der Waals surface area contributed by atoms with Crippen LogP contribution in [0.4, 0.5) is 0 Å². The second-order valence-electron chi connectivity index (χ2n) is 6.29. The molecule has 3 heteroatoms. The van der Waals surface area contributed by atoms with Crippen molar-refractivity contribution in [2.45, 2.75) is 32.2 Å². The zero-order chi connectivity index (χ0) is 13.8. The van der Waals surface area contributed by atoms with E-state index in [1.165, 1.54) is 57.4 Å². The van der Waals surface area contributed by atoms with Crippen molar-refractivity contribution in [1.29, 1.82) is 0 Å². The van der Waals surface area contributed by atoms with Gasteiger partial charge in [0.2, 0.25) is 0 Å². The van der Waals surface area contributed by atoms with Crippen LogP contribution < -0.4 is 5.32 Å². The highest BCUT2D eigenvalue weighted by atomic mass is 35.5. The van der Waals surface area contributed by atoms with Crippen molar-refractivity contribution in [2.24, 2.45) is 11.8 Å². The molecular formula is C17H25ClN2. The average Bonchev–Trinajstić information content (AvgIpc) is 2.51. The van der Waals surface area contributed by atoms with Crippen LogP contribution in [0.1, 0.15) is 31.2 Å². The molecule has 0 radical (unpaired) electrons. The van der Waals surface area contributed by atoms with E-state index in [9.17, 15) is 0 Å². The van der Waals surface area contributed by atoms with Crippen molar-refractivity contribution in [3.63, 3.8) is 0 Å². The van der Waals surface area contributed by atoms with Crippen molar-refractivity contribution in [1.82, 2.24) is 10.2 Å². The van der Waals surface area contributed by atoms with Crippen LogP contribution in [0.25, 0.3) is 0 Å². The van der Waals surface area contributed by atoms with Gasteiger partial charge < -0.3 is 5.32 Å². The Hall–Kier alpha value is -0.570. The van der Waals surface area contributed by atoms with E-state index >= 15 is 0 Å². The molecule has 0 saturated carbocycles. The summed E-state index contributed by atoms with van der Waals surface area (Å²) in [6.07, 6.45) is 5.51. The van der Waals surface area contributed by atoms with Gasteiger partial charge in [-0.25, -0.2) is 0 Å². The van der Waals surface area contributed by atoms with E-state index in [2.05, 4.69) is 22.3 Å². The summed E-state index contributed by atoms with van der Waals surface area (Å²) in [4.78, 5) is 2.57. The minimum atomic E-state index is 0.910. The number of nitrogens with zero attached hydrogens (tertiary/aromatic N) is 1. The van der Waals surface area contributed by atoms with Crippen LogP contribution in [-0.2, 0) is 6.54 Å². The molecule has 110 valence electrons. The Morgan fingerprint density at radius 3 is 2.35 bits per heavy atom. The monoisotopic (exact) mass is 292 g/mol. The lowest BCUT2D eigenvalue weighted by Gasteiger charge is -2.37. The number of halogens is 1. The molecule has 0 spiro atoms. The molecule has 0 unspecified atom stereocenters. The van der Waals surface area contributed by atoms with E-state index in [1.807, 2.05) is 12.1 Å². The van der Waals surface area contributed by atoms with Gasteiger partial charge >= 0.3 is 0 Å². The number of rotatable bonds is 3. The Kier molecular flexibility index (Phi) is 4.98. The van der Waals surface area contributed by atoms with E-state index in [1.54, 1.807) is 0 Å². The highest BCUT2D eigenvalue weighted by molar-refractivity contribution is 6.31. The molecule has 1 aromatic rings. The molecule has 2 saturated heterocycles. The van der Waals surface area contributed by atoms with Crippen LogP contribution in [0.5, 0.6) is 0 Å². The van der Waals surface area contributed by atoms with E-state index in [0.29, 0.717) is 0 Å². The summed E-state index contributed by atoms with van der Waals surface area (Å²) >= 11 is 6.26. The molecule has 2 fully saturated rings. The fraction of sp³-hybridized carbons (Fsp3) is 0.647. The Labute approximate surface area is 127 Å². The standard InChI is InChI=1S/C17H25ClN2/c18-17-4-2-1-3-16(17)13-20-11-7-15(8-12-20)14-5-9-19-10-6-14/h1-4,14-15,19H,5-13H2. The summed E-state index contributed by atoms with van der Waals surface area (Å²) in [7, 11) is 0. The van der Waals surface area contributed by atoms with Crippen molar-refractivity contribution in [2.75, 3.05) is 26.2 Å². The van der Waals surface area contributed by atoms with Gasteiger partial charge in [0.05, 0.1) is 0 Å². The maximum Gasteiger partial charge on any atom is 0.0451 e. The summed E-state index contributed by atoms with van der Waals surface area (Å²) in [5.41, 5.74) is 1.27. The second kappa shape index (κ2) is 6.93. The zero-order valence-electron chi connectivity index (χ0n) is 12.2. The number of nitrogens with one attached hydrogen (secondary N) is 1. The summed E-state index contributed by atoms with van der Waals surface area (Å²) in [5, 5.41) is 4.39. The molecule has 2 aliphatic heterocycles. The van der Waals surface area contributed by atoms with Crippen LogP contribution in [0.15, 0.2) is 24.3 Å².